The highest BCUT2D eigenvalue weighted by Crippen LogP contribution is 2.26. The molecule has 1 saturated heterocycles. The molecule has 26 heavy (non-hydrogen) atoms. The second-order valence-electron chi connectivity index (χ2n) is 7.61. The molecule has 4 rings (SSSR count). The van der Waals surface area contributed by atoms with Crippen LogP contribution < -0.4 is 10.2 Å². The Balaban J connectivity index is 1.33. The lowest BCUT2D eigenvalue weighted by Crippen LogP contribution is -2.44. The van der Waals surface area contributed by atoms with Crippen LogP contribution in [0.2, 0.25) is 0 Å². The molecule has 1 aliphatic carbocycles. The first-order valence-corrected chi connectivity index (χ1v) is 10.0. The molecule has 0 aromatic carbocycles. The molecule has 2 aliphatic rings. The molecule has 0 spiro atoms. The summed E-state index contributed by atoms with van der Waals surface area (Å²) in [6.45, 7) is 1.68. The highest BCUT2D eigenvalue weighted by atomic mass is 16.1. The predicted octanol–water partition coefficient (Wildman–Crippen LogP) is 2.80. The van der Waals surface area contributed by atoms with E-state index in [0.29, 0.717) is 11.7 Å². The average molecular weight is 356 g/mol. The first kappa shape index (κ1) is 17.2. The molecule has 140 valence electrons. The van der Waals surface area contributed by atoms with Gasteiger partial charge < -0.3 is 15.2 Å². The van der Waals surface area contributed by atoms with Gasteiger partial charge in [0.05, 0.1) is 6.33 Å². The van der Waals surface area contributed by atoms with Gasteiger partial charge in [-0.2, -0.15) is 0 Å². The van der Waals surface area contributed by atoms with Crippen LogP contribution in [0.15, 0.2) is 12.7 Å². The highest BCUT2D eigenvalue weighted by Gasteiger charge is 2.28. The zero-order chi connectivity index (χ0) is 17.8. The number of anilines is 1. The van der Waals surface area contributed by atoms with E-state index in [1.807, 2.05) is 0 Å². The van der Waals surface area contributed by atoms with E-state index in [-0.39, 0.29) is 11.8 Å². The van der Waals surface area contributed by atoms with E-state index in [1.165, 1.54) is 32.1 Å². The van der Waals surface area contributed by atoms with Gasteiger partial charge in [0, 0.05) is 25.0 Å². The Kier molecular flexibility index (Phi) is 5.32. The number of H-pyrrole nitrogens is 1. The Morgan fingerprint density at radius 3 is 2.50 bits per heavy atom. The molecule has 7 heteroatoms. The van der Waals surface area contributed by atoms with Gasteiger partial charge in [0.2, 0.25) is 5.91 Å². The number of fused-ring (bicyclic) bond motifs is 1. The fourth-order valence-corrected chi connectivity index (χ4v) is 4.27. The van der Waals surface area contributed by atoms with Crippen LogP contribution in [0.4, 0.5) is 5.82 Å². The third-order valence-corrected chi connectivity index (χ3v) is 5.82. The Hall–Kier alpha value is -2.18. The molecule has 2 aromatic heterocycles. The van der Waals surface area contributed by atoms with Crippen molar-refractivity contribution in [3.8, 4) is 0 Å². The second kappa shape index (κ2) is 8.01. The fourth-order valence-electron chi connectivity index (χ4n) is 4.27. The number of amides is 1. The van der Waals surface area contributed by atoms with Gasteiger partial charge in [-0.3, -0.25) is 4.79 Å². The molecular weight excluding hydrogens is 328 g/mol. The first-order valence-electron chi connectivity index (χ1n) is 10.0. The molecule has 0 bridgehead atoms. The van der Waals surface area contributed by atoms with Crippen LogP contribution in [0.5, 0.6) is 0 Å². The van der Waals surface area contributed by atoms with Crippen molar-refractivity contribution in [3.05, 3.63) is 12.7 Å². The normalized spacial score (nSPS) is 20.7. The quantitative estimate of drug-likeness (QED) is 0.883. The fraction of sp³-hybridized carbons (Fsp3) is 0.684. The van der Waals surface area contributed by atoms with Crippen molar-refractivity contribution in [2.75, 3.05) is 18.0 Å². The standard InChI is InChI=1S/C19H28N6O/c26-19(24-15-6-4-2-1-3-5-7-15)14-8-10-25(11-9-14)18-16-17(21-12-20-16)22-13-23-18/h12-15H,1-11H2,(H,24,26)(H,20,21,22,23). The van der Waals surface area contributed by atoms with Crippen molar-refractivity contribution in [2.24, 2.45) is 5.92 Å². The Bertz CT molecular complexity index is 728. The predicted molar refractivity (Wildman–Crippen MR) is 101 cm³/mol. The summed E-state index contributed by atoms with van der Waals surface area (Å²) in [6, 6.07) is 0.382. The zero-order valence-electron chi connectivity index (χ0n) is 15.3. The molecule has 3 heterocycles. The summed E-state index contributed by atoms with van der Waals surface area (Å²) < 4.78 is 0. The largest absolute Gasteiger partial charge is 0.355 e. The molecule has 2 fully saturated rings. The average Bonchev–Trinajstić information content (AvgIpc) is 3.13. The van der Waals surface area contributed by atoms with Crippen LogP contribution in [0.1, 0.15) is 57.8 Å². The number of hydrogen-bond donors (Lipinski definition) is 2. The molecule has 1 aliphatic heterocycles. The Labute approximate surface area is 154 Å². The van der Waals surface area contributed by atoms with Crippen molar-refractivity contribution in [1.29, 1.82) is 0 Å². The number of nitrogens with one attached hydrogen (secondary N) is 2. The number of carbonyl (C=O) groups excluding carboxylic acids is 1. The monoisotopic (exact) mass is 356 g/mol. The molecular formula is C19H28N6O. The summed E-state index contributed by atoms with van der Waals surface area (Å²) in [5.74, 6) is 1.27. The van der Waals surface area contributed by atoms with Gasteiger partial charge >= 0.3 is 0 Å². The minimum atomic E-state index is 0.121. The second-order valence-corrected chi connectivity index (χ2v) is 7.61. The maximum absolute atomic E-state index is 12.7. The van der Waals surface area contributed by atoms with Crippen LogP contribution in [0.3, 0.4) is 0 Å². The Morgan fingerprint density at radius 2 is 1.73 bits per heavy atom. The molecule has 2 aromatic rings. The van der Waals surface area contributed by atoms with Gasteiger partial charge in [-0.1, -0.05) is 32.1 Å². The smallest absolute Gasteiger partial charge is 0.223 e. The highest BCUT2D eigenvalue weighted by molar-refractivity contribution is 5.83. The summed E-state index contributed by atoms with van der Waals surface area (Å²) in [5.41, 5.74) is 1.57. The van der Waals surface area contributed by atoms with Gasteiger partial charge in [0.1, 0.15) is 11.8 Å². The minimum absolute atomic E-state index is 0.121. The number of rotatable bonds is 3. The SMILES string of the molecule is O=C(NC1CCCCCCC1)C1CCN(c2ncnc3nc[nH]c23)CC1. The first-order chi connectivity index (χ1) is 12.8. The molecule has 2 N–H and O–H groups in total. The Morgan fingerprint density at radius 1 is 1.00 bits per heavy atom. The summed E-state index contributed by atoms with van der Waals surface area (Å²) in [4.78, 5) is 30.9. The molecule has 0 radical (unpaired) electrons. The lowest BCUT2D eigenvalue weighted by Gasteiger charge is -2.33. The van der Waals surface area contributed by atoms with Crippen molar-refractivity contribution in [1.82, 2.24) is 25.3 Å². The number of piperidine rings is 1. The molecule has 0 atom stereocenters. The van der Waals surface area contributed by atoms with E-state index < -0.39 is 0 Å². The maximum atomic E-state index is 12.7. The number of imidazole rings is 1. The number of aromatic nitrogens is 4. The van der Waals surface area contributed by atoms with E-state index >= 15 is 0 Å². The van der Waals surface area contributed by atoms with Crippen molar-refractivity contribution in [3.63, 3.8) is 0 Å². The van der Waals surface area contributed by atoms with E-state index in [4.69, 9.17) is 0 Å². The summed E-state index contributed by atoms with van der Waals surface area (Å²) in [7, 11) is 0. The minimum Gasteiger partial charge on any atom is -0.355 e. The molecule has 0 unspecified atom stereocenters. The van der Waals surface area contributed by atoms with Gasteiger partial charge in [-0.15, -0.1) is 0 Å². The lowest BCUT2D eigenvalue weighted by molar-refractivity contribution is -0.126. The molecule has 1 saturated carbocycles. The maximum Gasteiger partial charge on any atom is 0.223 e. The van der Waals surface area contributed by atoms with Crippen molar-refractivity contribution in [2.45, 2.75) is 63.8 Å². The van der Waals surface area contributed by atoms with Crippen LogP contribution in [-0.2, 0) is 4.79 Å². The van der Waals surface area contributed by atoms with Gasteiger partial charge in [-0.25, -0.2) is 15.0 Å². The van der Waals surface area contributed by atoms with Crippen molar-refractivity contribution >= 4 is 22.9 Å². The third kappa shape index (κ3) is 3.81. The summed E-state index contributed by atoms with van der Waals surface area (Å²) in [5, 5.41) is 3.34. The van der Waals surface area contributed by atoms with Crippen molar-refractivity contribution < 1.29 is 4.79 Å². The number of hydrogen-bond acceptors (Lipinski definition) is 5. The van der Waals surface area contributed by atoms with Gasteiger partial charge in [0.25, 0.3) is 0 Å². The van der Waals surface area contributed by atoms with E-state index in [0.717, 1.165) is 50.1 Å². The summed E-state index contributed by atoms with van der Waals surface area (Å²) in [6.07, 6.45) is 13.7. The van der Waals surface area contributed by atoms with E-state index in [1.54, 1.807) is 12.7 Å². The van der Waals surface area contributed by atoms with E-state index in [2.05, 4.69) is 30.2 Å². The number of aromatic amines is 1. The third-order valence-electron chi connectivity index (χ3n) is 5.82. The topological polar surface area (TPSA) is 86.8 Å². The number of carbonyl (C=O) groups is 1. The van der Waals surface area contributed by atoms with Crippen LogP contribution in [0, 0.1) is 5.92 Å². The van der Waals surface area contributed by atoms with Gasteiger partial charge in [-0.05, 0) is 25.7 Å². The molecule has 1 amide bonds. The van der Waals surface area contributed by atoms with Crippen LogP contribution in [0.25, 0.3) is 11.2 Å². The van der Waals surface area contributed by atoms with Gasteiger partial charge in [0.15, 0.2) is 11.5 Å². The summed E-state index contributed by atoms with van der Waals surface area (Å²) >= 11 is 0. The van der Waals surface area contributed by atoms with Crippen LogP contribution in [-0.4, -0.2) is 45.0 Å². The van der Waals surface area contributed by atoms with Crippen LogP contribution >= 0.6 is 0 Å². The van der Waals surface area contributed by atoms with E-state index in [9.17, 15) is 4.79 Å². The zero-order valence-corrected chi connectivity index (χ0v) is 15.3. The lowest BCUT2D eigenvalue weighted by atomic mass is 9.93. The number of nitrogens with zero attached hydrogens (tertiary/aromatic N) is 4. The molecule has 7 nitrogen and oxygen atoms in total.